The number of nitrogens with two attached hydrogens (primary N) is 1. The molecule has 0 radical (unpaired) electrons. The third-order valence-corrected chi connectivity index (χ3v) is 5.74. The lowest BCUT2D eigenvalue weighted by molar-refractivity contribution is 0.0946. The predicted molar refractivity (Wildman–Crippen MR) is 134 cm³/mol. The molecule has 5 rings (SSSR count). The number of aromatic nitrogens is 6. The van der Waals surface area contributed by atoms with E-state index in [9.17, 15) is 4.79 Å². The maximum absolute atomic E-state index is 13.1. The topological polar surface area (TPSA) is 124 Å². The number of pyridine rings is 2. The van der Waals surface area contributed by atoms with Crippen LogP contribution < -0.4 is 11.1 Å². The second-order valence-electron chi connectivity index (χ2n) is 8.32. The highest BCUT2D eigenvalue weighted by atomic mass is 16.1. The van der Waals surface area contributed by atoms with E-state index in [4.69, 9.17) is 10.7 Å². The third-order valence-electron chi connectivity index (χ3n) is 5.74. The summed E-state index contributed by atoms with van der Waals surface area (Å²) in [6.45, 7) is 4.15. The number of carbonyl (C=O) groups excluding carboxylic acids is 1. The summed E-state index contributed by atoms with van der Waals surface area (Å²) in [4.78, 5) is 31.2. The summed E-state index contributed by atoms with van der Waals surface area (Å²) in [7, 11) is 1.82. The van der Waals surface area contributed by atoms with Crippen molar-refractivity contribution in [2.75, 3.05) is 5.73 Å². The van der Waals surface area contributed by atoms with Crippen molar-refractivity contribution >= 4 is 22.6 Å². The second kappa shape index (κ2) is 8.94. The van der Waals surface area contributed by atoms with Crippen LogP contribution in [0, 0.1) is 13.8 Å². The highest BCUT2D eigenvalue weighted by molar-refractivity contribution is 5.98. The van der Waals surface area contributed by atoms with Gasteiger partial charge in [0.2, 0.25) is 0 Å². The van der Waals surface area contributed by atoms with Crippen molar-refractivity contribution in [2.45, 2.75) is 20.4 Å². The number of nitrogens with one attached hydrogen (secondary N) is 1. The molecule has 3 N–H and O–H groups in total. The Morgan fingerprint density at radius 1 is 1.03 bits per heavy atom. The highest BCUT2D eigenvalue weighted by Crippen LogP contribution is 2.31. The Morgan fingerprint density at radius 2 is 1.89 bits per heavy atom. The molecule has 1 aromatic carbocycles. The van der Waals surface area contributed by atoms with E-state index in [0.717, 1.165) is 33.4 Å². The first-order valence-electron chi connectivity index (χ1n) is 11.1. The van der Waals surface area contributed by atoms with Crippen LogP contribution in [0.3, 0.4) is 0 Å². The molecule has 0 aliphatic carbocycles. The number of amides is 1. The Labute approximate surface area is 202 Å². The van der Waals surface area contributed by atoms with Crippen molar-refractivity contribution in [3.63, 3.8) is 0 Å². The number of nitrogens with zero attached hydrogens (tertiary/aromatic N) is 6. The van der Waals surface area contributed by atoms with Crippen LogP contribution in [0.5, 0.6) is 0 Å². The number of carbonyl (C=O) groups is 1. The van der Waals surface area contributed by atoms with Crippen LogP contribution in [0.1, 0.15) is 27.4 Å². The van der Waals surface area contributed by atoms with Crippen molar-refractivity contribution in [3.05, 3.63) is 83.6 Å². The van der Waals surface area contributed by atoms with Crippen LogP contribution in [0.15, 0.2) is 60.9 Å². The molecule has 0 unspecified atom stereocenters. The van der Waals surface area contributed by atoms with Crippen LogP contribution in [0.25, 0.3) is 33.5 Å². The zero-order chi connectivity index (χ0) is 24.5. The van der Waals surface area contributed by atoms with Gasteiger partial charge in [0.25, 0.3) is 5.91 Å². The molecular weight excluding hydrogens is 440 g/mol. The number of fused-ring (bicyclic) bond motifs is 1. The monoisotopic (exact) mass is 464 g/mol. The van der Waals surface area contributed by atoms with E-state index in [-0.39, 0.29) is 11.5 Å². The minimum Gasteiger partial charge on any atom is -0.382 e. The minimum atomic E-state index is -0.411. The van der Waals surface area contributed by atoms with Gasteiger partial charge >= 0.3 is 0 Å². The molecular formula is C26H24N8O. The average Bonchev–Trinajstić information content (AvgIpc) is 3.29. The van der Waals surface area contributed by atoms with Crippen molar-refractivity contribution < 1.29 is 4.79 Å². The smallest absolute Gasteiger partial charge is 0.274 e. The summed E-state index contributed by atoms with van der Waals surface area (Å²) in [5.74, 6) is -0.376. The lowest BCUT2D eigenvalue weighted by Gasteiger charge is -2.13. The highest BCUT2D eigenvalue weighted by Gasteiger charge is 2.21. The Kier molecular flexibility index (Phi) is 5.66. The largest absolute Gasteiger partial charge is 0.382 e. The van der Waals surface area contributed by atoms with Crippen LogP contribution in [0.4, 0.5) is 5.82 Å². The number of nitrogen functional groups attached to an aromatic ring is 1. The molecule has 0 aliphatic rings. The van der Waals surface area contributed by atoms with E-state index in [0.29, 0.717) is 23.6 Å². The van der Waals surface area contributed by atoms with Gasteiger partial charge in [-0.25, -0.2) is 9.97 Å². The van der Waals surface area contributed by atoms with Crippen LogP contribution in [0.2, 0.25) is 0 Å². The summed E-state index contributed by atoms with van der Waals surface area (Å²) >= 11 is 0. The van der Waals surface area contributed by atoms with Gasteiger partial charge in [0.05, 0.1) is 11.2 Å². The molecule has 0 saturated heterocycles. The van der Waals surface area contributed by atoms with Crippen molar-refractivity contribution in [3.8, 4) is 22.6 Å². The normalized spacial score (nSPS) is 11.1. The fourth-order valence-corrected chi connectivity index (χ4v) is 3.92. The molecule has 4 heterocycles. The van der Waals surface area contributed by atoms with Gasteiger partial charge < -0.3 is 11.1 Å². The van der Waals surface area contributed by atoms with Gasteiger partial charge in [-0.2, -0.15) is 5.10 Å². The van der Waals surface area contributed by atoms with E-state index < -0.39 is 5.91 Å². The average molecular weight is 465 g/mol. The zero-order valence-corrected chi connectivity index (χ0v) is 19.6. The van der Waals surface area contributed by atoms with Crippen LogP contribution >= 0.6 is 0 Å². The lowest BCUT2D eigenvalue weighted by atomic mass is 10.0. The number of anilines is 1. The molecule has 5 aromatic rings. The summed E-state index contributed by atoms with van der Waals surface area (Å²) in [5.41, 5.74) is 12.3. The molecule has 0 saturated carbocycles. The van der Waals surface area contributed by atoms with E-state index >= 15 is 0 Å². The first-order valence-corrected chi connectivity index (χ1v) is 11.1. The summed E-state index contributed by atoms with van der Waals surface area (Å²) in [6.07, 6.45) is 3.57. The molecule has 0 atom stereocenters. The fourth-order valence-electron chi connectivity index (χ4n) is 3.92. The first kappa shape index (κ1) is 22.1. The second-order valence-corrected chi connectivity index (χ2v) is 8.32. The molecule has 4 aromatic heterocycles. The van der Waals surface area contributed by atoms with Crippen LogP contribution in [-0.2, 0) is 13.6 Å². The lowest BCUT2D eigenvalue weighted by Crippen LogP contribution is -2.26. The van der Waals surface area contributed by atoms with E-state index in [1.54, 1.807) is 10.9 Å². The third kappa shape index (κ3) is 4.43. The maximum Gasteiger partial charge on any atom is 0.274 e. The molecule has 0 bridgehead atoms. The minimum absolute atomic E-state index is 0.0353. The predicted octanol–water partition coefficient (Wildman–Crippen LogP) is 3.62. The molecule has 9 nitrogen and oxygen atoms in total. The van der Waals surface area contributed by atoms with Crippen molar-refractivity contribution in [2.24, 2.45) is 7.05 Å². The quantitative estimate of drug-likeness (QED) is 0.407. The standard InChI is InChI=1S/C26H24N8O/c1-15-6-7-19(16(2)30-15)14-29-26(35)24-25(27)32-23(21-10-12-34(3)33-21)22(31-24)18-8-9-20-17(13-18)5-4-11-28-20/h4-13H,14H2,1-3H3,(H2,27,32)(H,29,35). The van der Waals surface area contributed by atoms with Gasteiger partial charge in [0.15, 0.2) is 11.5 Å². The Balaban J connectivity index is 1.56. The summed E-state index contributed by atoms with van der Waals surface area (Å²) in [6, 6.07) is 15.3. The van der Waals surface area contributed by atoms with Gasteiger partial charge in [-0.05, 0) is 49.7 Å². The van der Waals surface area contributed by atoms with Crippen LogP contribution in [-0.4, -0.2) is 35.6 Å². The Hall–Kier alpha value is -4.66. The van der Waals surface area contributed by atoms with Gasteiger partial charge in [0, 0.05) is 48.3 Å². The maximum atomic E-state index is 13.1. The number of aryl methyl sites for hydroxylation is 3. The number of hydrogen-bond acceptors (Lipinski definition) is 7. The number of benzene rings is 1. The zero-order valence-electron chi connectivity index (χ0n) is 19.6. The Morgan fingerprint density at radius 3 is 2.66 bits per heavy atom. The summed E-state index contributed by atoms with van der Waals surface area (Å²) < 4.78 is 1.68. The molecule has 0 spiro atoms. The SMILES string of the molecule is Cc1ccc(CNC(=O)c2nc(-c3ccc4ncccc4c3)c(-c3ccn(C)n3)nc2N)c(C)n1. The van der Waals surface area contributed by atoms with Gasteiger partial charge in [-0.1, -0.05) is 18.2 Å². The van der Waals surface area contributed by atoms with Gasteiger partial charge in [0.1, 0.15) is 11.4 Å². The number of rotatable bonds is 5. The van der Waals surface area contributed by atoms with Gasteiger partial charge in [-0.15, -0.1) is 0 Å². The molecule has 174 valence electrons. The fraction of sp³-hybridized carbons (Fsp3) is 0.154. The van der Waals surface area contributed by atoms with Crippen molar-refractivity contribution in [1.29, 1.82) is 0 Å². The molecule has 9 heteroatoms. The molecule has 0 fully saturated rings. The van der Waals surface area contributed by atoms with E-state index in [2.05, 4.69) is 25.4 Å². The molecule has 1 amide bonds. The molecule has 35 heavy (non-hydrogen) atoms. The number of hydrogen-bond donors (Lipinski definition) is 2. The summed E-state index contributed by atoms with van der Waals surface area (Å²) in [5, 5.41) is 8.32. The van der Waals surface area contributed by atoms with Gasteiger partial charge in [-0.3, -0.25) is 19.4 Å². The van der Waals surface area contributed by atoms with E-state index in [1.165, 1.54) is 0 Å². The Bertz CT molecular complexity index is 1570. The molecule has 0 aliphatic heterocycles. The first-order chi connectivity index (χ1) is 16.9. The van der Waals surface area contributed by atoms with Crippen molar-refractivity contribution in [1.82, 2.24) is 35.0 Å². The van der Waals surface area contributed by atoms with E-state index in [1.807, 2.05) is 75.6 Å².